The predicted octanol–water partition coefficient (Wildman–Crippen LogP) is 3.63. The highest BCUT2D eigenvalue weighted by atomic mass is 32.1. The van der Waals surface area contributed by atoms with E-state index in [-0.39, 0.29) is 12.6 Å². The van der Waals surface area contributed by atoms with Gasteiger partial charge in [-0.15, -0.1) is 0 Å². The van der Waals surface area contributed by atoms with Crippen molar-refractivity contribution < 1.29 is 9.53 Å². The Hall–Kier alpha value is -2.49. The van der Waals surface area contributed by atoms with Crippen LogP contribution in [0, 0.1) is 0 Å². The number of ether oxygens (including phenoxy) is 1. The van der Waals surface area contributed by atoms with Crippen LogP contribution in [-0.2, 0) is 17.8 Å². The molecule has 0 unspecified atom stereocenters. The summed E-state index contributed by atoms with van der Waals surface area (Å²) < 4.78 is 5.24. The monoisotopic (exact) mass is 326 g/mol. The molecular formula is C18H18N2O2S. The fraction of sp³-hybridized carbons (Fsp3) is 0.222. The van der Waals surface area contributed by atoms with E-state index in [1.807, 2.05) is 60.7 Å². The lowest BCUT2D eigenvalue weighted by atomic mass is 10.1. The molecule has 1 N–H and O–H groups in total. The molecule has 0 aromatic heterocycles. The maximum atomic E-state index is 12.0. The first-order chi connectivity index (χ1) is 11.3. The van der Waals surface area contributed by atoms with Crippen LogP contribution in [0.2, 0.25) is 0 Å². The smallest absolute Gasteiger partial charge is 0.407 e. The zero-order chi connectivity index (χ0) is 16.3. The largest absolute Gasteiger partial charge is 0.445 e. The van der Waals surface area contributed by atoms with Crippen LogP contribution < -0.4 is 5.32 Å². The number of carbonyl (C=O) groups excluding carboxylic acids is 1. The average molecular weight is 326 g/mol. The van der Waals surface area contributed by atoms with Crippen molar-refractivity contribution in [1.82, 2.24) is 5.32 Å². The number of benzene rings is 2. The summed E-state index contributed by atoms with van der Waals surface area (Å²) in [5, 5.41) is 5.16. The molecule has 0 radical (unpaired) electrons. The van der Waals surface area contributed by atoms with E-state index in [1.54, 1.807) is 0 Å². The molecule has 5 heteroatoms. The van der Waals surface area contributed by atoms with E-state index in [9.17, 15) is 4.79 Å². The standard InChI is InChI=1S/C18H18N2O2S/c21-18(22-13-16-9-5-2-6-10-16)20-17(12-19-14-23)11-15-7-3-1-4-8-15/h1-10,17H,11-13H2,(H,20,21)/t17-/m0/s1. The Morgan fingerprint density at radius 3 is 2.30 bits per heavy atom. The Morgan fingerprint density at radius 2 is 1.70 bits per heavy atom. The van der Waals surface area contributed by atoms with Crippen LogP contribution in [-0.4, -0.2) is 23.8 Å². The fourth-order valence-electron chi connectivity index (χ4n) is 2.14. The molecule has 2 aromatic rings. The van der Waals surface area contributed by atoms with Gasteiger partial charge in [-0.25, -0.2) is 9.79 Å². The van der Waals surface area contributed by atoms with Crippen molar-refractivity contribution in [1.29, 1.82) is 0 Å². The van der Waals surface area contributed by atoms with Crippen molar-refractivity contribution >= 4 is 23.5 Å². The third kappa shape index (κ3) is 6.43. The number of hydrogen-bond donors (Lipinski definition) is 1. The average Bonchev–Trinajstić information content (AvgIpc) is 2.60. The van der Waals surface area contributed by atoms with Crippen LogP contribution >= 0.6 is 12.2 Å². The zero-order valence-electron chi connectivity index (χ0n) is 12.6. The SMILES string of the molecule is O=C(N[C@H](CN=C=S)Cc1ccccc1)OCc1ccccc1. The summed E-state index contributed by atoms with van der Waals surface area (Å²) in [7, 11) is 0. The number of thiocarbonyl (C=S) groups is 1. The van der Waals surface area contributed by atoms with Gasteiger partial charge in [0.15, 0.2) is 0 Å². The van der Waals surface area contributed by atoms with Gasteiger partial charge in [-0.1, -0.05) is 60.7 Å². The van der Waals surface area contributed by atoms with Gasteiger partial charge < -0.3 is 10.1 Å². The number of nitrogens with one attached hydrogen (secondary N) is 1. The molecule has 118 valence electrons. The van der Waals surface area contributed by atoms with Gasteiger partial charge in [0, 0.05) is 0 Å². The van der Waals surface area contributed by atoms with Crippen LogP contribution in [0.15, 0.2) is 65.7 Å². The number of hydrogen-bond acceptors (Lipinski definition) is 4. The molecule has 23 heavy (non-hydrogen) atoms. The third-order valence-corrected chi connectivity index (χ3v) is 3.36. The molecule has 2 aromatic carbocycles. The molecule has 0 aliphatic rings. The van der Waals surface area contributed by atoms with Gasteiger partial charge in [-0.05, 0) is 29.8 Å². The van der Waals surface area contributed by atoms with E-state index in [2.05, 4.69) is 27.7 Å². The predicted molar refractivity (Wildman–Crippen MR) is 93.6 cm³/mol. The highest BCUT2D eigenvalue weighted by molar-refractivity contribution is 7.78. The van der Waals surface area contributed by atoms with Gasteiger partial charge in [0.2, 0.25) is 0 Å². The summed E-state index contributed by atoms with van der Waals surface area (Å²) in [6.45, 7) is 0.611. The normalized spacial score (nSPS) is 11.1. The molecule has 1 atom stereocenters. The molecule has 0 saturated heterocycles. The summed E-state index contributed by atoms with van der Waals surface area (Å²) in [6.07, 6.45) is 0.191. The van der Waals surface area contributed by atoms with Gasteiger partial charge in [0.05, 0.1) is 17.7 Å². The lowest BCUT2D eigenvalue weighted by Crippen LogP contribution is -2.38. The molecular weight excluding hydrogens is 308 g/mol. The van der Waals surface area contributed by atoms with Gasteiger partial charge in [-0.2, -0.15) is 0 Å². The number of amides is 1. The molecule has 0 bridgehead atoms. The quantitative estimate of drug-likeness (QED) is 0.624. The molecule has 2 rings (SSSR count). The van der Waals surface area contributed by atoms with E-state index >= 15 is 0 Å². The molecule has 0 heterocycles. The van der Waals surface area contributed by atoms with Crippen molar-refractivity contribution in [2.75, 3.05) is 6.54 Å². The number of nitrogens with zero attached hydrogens (tertiary/aromatic N) is 1. The Labute approximate surface area is 141 Å². The second-order valence-corrected chi connectivity index (χ2v) is 5.21. The van der Waals surface area contributed by atoms with E-state index < -0.39 is 6.09 Å². The van der Waals surface area contributed by atoms with E-state index in [1.165, 1.54) is 0 Å². The van der Waals surface area contributed by atoms with E-state index in [0.717, 1.165) is 11.1 Å². The van der Waals surface area contributed by atoms with Gasteiger partial charge in [-0.3, -0.25) is 0 Å². The van der Waals surface area contributed by atoms with Gasteiger partial charge >= 0.3 is 6.09 Å². The number of rotatable bonds is 7. The van der Waals surface area contributed by atoms with E-state index in [4.69, 9.17) is 4.74 Å². The molecule has 0 aliphatic carbocycles. The Kier molecular flexibility index (Phi) is 6.98. The van der Waals surface area contributed by atoms with Crippen LogP contribution in [0.25, 0.3) is 0 Å². The highest BCUT2D eigenvalue weighted by Gasteiger charge is 2.13. The van der Waals surface area contributed by atoms with Crippen LogP contribution in [0.4, 0.5) is 4.79 Å². The first-order valence-electron chi connectivity index (χ1n) is 7.32. The van der Waals surface area contributed by atoms with Crippen molar-refractivity contribution in [3.63, 3.8) is 0 Å². The molecule has 1 amide bonds. The first-order valence-corrected chi connectivity index (χ1v) is 7.73. The number of aliphatic imine (C=N–C) groups is 1. The lowest BCUT2D eigenvalue weighted by Gasteiger charge is -2.16. The highest BCUT2D eigenvalue weighted by Crippen LogP contribution is 2.05. The van der Waals surface area contributed by atoms with Crippen LogP contribution in [0.3, 0.4) is 0 Å². The Morgan fingerprint density at radius 1 is 1.09 bits per heavy atom. The zero-order valence-corrected chi connectivity index (χ0v) is 13.5. The maximum Gasteiger partial charge on any atom is 0.407 e. The first kappa shape index (κ1) is 16.9. The van der Waals surface area contributed by atoms with Crippen molar-refractivity contribution in [2.24, 2.45) is 4.99 Å². The molecule has 0 saturated carbocycles. The molecule has 4 nitrogen and oxygen atoms in total. The van der Waals surface area contributed by atoms with Crippen molar-refractivity contribution in [3.05, 3.63) is 71.8 Å². The summed E-state index contributed by atoms with van der Waals surface area (Å²) >= 11 is 4.60. The molecule has 0 aliphatic heterocycles. The second kappa shape index (κ2) is 9.51. The summed E-state index contributed by atoms with van der Waals surface area (Å²) in [6, 6.07) is 19.2. The molecule has 0 fully saturated rings. The topological polar surface area (TPSA) is 50.7 Å². The van der Waals surface area contributed by atoms with E-state index in [0.29, 0.717) is 13.0 Å². The minimum Gasteiger partial charge on any atom is -0.445 e. The maximum absolute atomic E-state index is 12.0. The lowest BCUT2D eigenvalue weighted by molar-refractivity contribution is 0.136. The Balaban J connectivity index is 1.88. The minimum atomic E-state index is -0.464. The number of carbonyl (C=O) groups is 1. The Bertz CT molecular complexity index is 655. The fourth-order valence-corrected chi connectivity index (χ4v) is 2.21. The van der Waals surface area contributed by atoms with Crippen molar-refractivity contribution in [3.8, 4) is 0 Å². The minimum absolute atomic E-state index is 0.184. The summed E-state index contributed by atoms with van der Waals surface area (Å²) in [5.41, 5.74) is 2.06. The summed E-state index contributed by atoms with van der Waals surface area (Å²) in [5.74, 6) is 0. The third-order valence-electron chi connectivity index (χ3n) is 3.24. The van der Waals surface area contributed by atoms with Gasteiger partial charge in [0.25, 0.3) is 0 Å². The number of alkyl carbamates (subject to hydrolysis) is 1. The van der Waals surface area contributed by atoms with Crippen LogP contribution in [0.5, 0.6) is 0 Å². The number of isothiocyanates is 1. The van der Waals surface area contributed by atoms with Gasteiger partial charge in [0.1, 0.15) is 6.61 Å². The van der Waals surface area contributed by atoms with Crippen LogP contribution in [0.1, 0.15) is 11.1 Å². The summed E-state index contributed by atoms with van der Waals surface area (Å²) in [4.78, 5) is 15.9. The molecule has 0 spiro atoms. The second-order valence-electron chi connectivity index (χ2n) is 5.02. The van der Waals surface area contributed by atoms with Crippen molar-refractivity contribution in [2.45, 2.75) is 19.1 Å².